The number of hydrogen-bond acceptors (Lipinski definition) is 2. The van der Waals surface area contributed by atoms with E-state index in [1.807, 2.05) is 0 Å². The minimum atomic E-state index is 0.382. The standard InChI is InChI=1S/C16H30N2/c1-12-6-5-9-18(10-12)11-14-7-8-15(17)13(2)16(14,3)4/h6,13-15H,5,7-11,17H2,1-4H3. The van der Waals surface area contributed by atoms with Crippen LogP contribution in [0.1, 0.15) is 47.0 Å². The molecule has 0 radical (unpaired) electrons. The van der Waals surface area contributed by atoms with Crippen LogP contribution >= 0.6 is 0 Å². The van der Waals surface area contributed by atoms with Gasteiger partial charge in [-0.2, -0.15) is 0 Å². The van der Waals surface area contributed by atoms with Gasteiger partial charge in [0.2, 0.25) is 0 Å². The highest BCUT2D eigenvalue weighted by Crippen LogP contribution is 2.44. The molecule has 1 aliphatic carbocycles. The van der Waals surface area contributed by atoms with E-state index in [0.29, 0.717) is 17.4 Å². The van der Waals surface area contributed by atoms with Gasteiger partial charge in [-0.15, -0.1) is 0 Å². The summed E-state index contributed by atoms with van der Waals surface area (Å²) in [4.78, 5) is 2.64. The van der Waals surface area contributed by atoms with Crippen LogP contribution < -0.4 is 5.73 Å². The second kappa shape index (κ2) is 5.34. The summed E-state index contributed by atoms with van der Waals surface area (Å²) >= 11 is 0. The van der Waals surface area contributed by atoms with Crippen molar-refractivity contribution in [2.45, 2.75) is 53.0 Å². The van der Waals surface area contributed by atoms with Crippen LogP contribution in [0.3, 0.4) is 0 Å². The highest BCUT2D eigenvalue weighted by molar-refractivity contribution is 5.05. The lowest BCUT2D eigenvalue weighted by atomic mass is 9.61. The van der Waals surface area contributed by atoms with E-state index in [-0.39, 0.29) is 0 Å². The lowest BCUT2D eigenvalue weighted by Crippen LogP contribution is -2.50. The molecule has 2 aliphatic rings. The number of nitrogens with zero attached hydrogens (tertiary/aromatic N) is 1. The Balaban J connectivity index is 1.98. The molecule has 0 aromatic rings. The third-order valence-electron chi connectivity index (χ3n) is 5.61. The van der Waals surface area contributed by atoms with Crippen molar-refractivity contribution in [3.05, 3.63) is 11.6 Å². The first-order valence-corrected chi connectivity index (χ1v) is 7.55. The maximum absolute atomic E-state index is 6.25. The van der Waals surface area contributed by atoms with Crippen molar-refractivity contribution in [3.63, 3.8) is 0 Å². The molecular formula is C16H30N2. The molecule has 1 fully saturated rings. The molecule has 0 spiro atoms. The minimum absolute atomic E-state index is 0.382. The van der Waals surface area contributed by atoms with Crippen molar-refractivity contribution < 1.29 is 0 Å². The van der Waals surface area contributed by atoms with Gasteiger partial charge in [0.05, 0.1) is 0 Å². The van der Waals surface area contributed by atoms with Crippen LogP contribution in [0, 0.1) is 17.3 Å². The van der Waals surface area contributed by atoms with E-state index in [4.69, 9.17) is 5.73 Å². The lowest BCUT2D eigenvalue weighted by molar-refractivity contribution is 0.0299. The molecule has 0 aromatic heterocycles. The van der Waals surface area contributed by atoms with E-state index >= 15 is 0 Å². The average molecular weight is 250 g/mol. The fraction of sp³-hybridized carbons (Fsp3) is 0.875. The van der Waals surface area contributed by atoms with Crippen molar-refractivity contribution in [2.75, 3.05) is 19.6 Å². The van der Waals surface area contributed by atoms with Crippen molar-refractivity contribution in [3.8, 4) is 0 Å². The predicted octanol–water partition coefficient (Wildman–Crippen LogP) is 3.04. The molecule has 0 bridgehead atoms. The molecule has 104 valence electrons. The maximum Gasteiger partial charge on any atom is 0.0190 e. The topological polar surface area (TPSA) is 29.3 Å². The number of nitrogens with two attached hydrogens (primary N) is 1. The molecule has 18 heavy (non-hydrogen) atoms. The van der Waals surface area contributed by atoms with Crippen LogP contribution in [0.2, 0.25) is 0 Å². The Hall–Kier alpha value is -0.340. The Kier molecular flexibility index (Phi) is 4.18. The molecule has 1 aliphatic heterocycles. The van der Waals surface area contributed by atoms with Gasteiger partial charge in [0, 0.05) is 25.7 Å². The molecule has 3 unspecified atom stereocenters. The fourth-order valence-electron chi connectivity index (χ4n) is 3.72. The molecular weight excluding hydrogens is 220 g/mol. The number of hydrogen-bond donors (Lipinski definition) is 1. The molecule has 0 amide bonds. The van der Waals surface area contributed by atoms with E-state index in [0.717, 1.165) is 5.92 Å². The Morgan fingerprint density at radius 3 is 2.78 bits per heavy atom. The monoisotopic (exact) mass is 250 g/mol. The zero-order valence-electron chi connectivity index (χ0n) is 12.6. The zero-order valence-corrected chi connectivity index (χ0v) is 12.6. The first-order valence-electron chi connectivity index (χ1n) is 7.55. The summed E-state index contributed by atoms with van der Waals surface area (Å²) < 4.78 is 0. The van der Waals surface area contributed by atoms with Crippen molar-refractivity contribution in [1.82, 2.24) is 4.90 Å². The van der Waals surface area contributed by atoms with Crippen LogP contribution in [0.4, 0.5) is 0 Å². The summed E-state index contributed by atoms with van der Waals surface area (Å²) in [5.74, 6) is 1.44. The van der Waals surface area contributed by atoms with Gasteiger partial charge in [-0.3, -0.25) is 4.90 Å². The van der Waals surface area contributed by atoms with Crippen LogP contribution in [0.15, 0.2) is 11.6 Å². The number of rotatable bonds is 2. The van der Waals surface area contributed by atoms with E-state index in [1.165, 1.54) is 38.9 Å². The molecule has 0 aromatic carbocycles. The normalized spacial score (nSPS) is 37.4. The molecule has 2 heteroatoms. The van der Waals surface area contributed by atoms with Gasteiger partial charge in [-0.1, -0.05) is 32.4 Å². The Bertz CT molecular complexity index is 319. The third-order valence-corrected chi connectivity index (χ3v) is 5.61. The molecule has 0 saturated heterocycles. The second-order valence-corrected chi connectivity index (χ2v) is 7.12. The molecule has 2 rings (SSSR count). The van der Waals surface area contributed by atoms with Crippen LogP contribution in [-0.4, -0.2) is 30.6 Å². The molecule has 2 nitrogen and oxygen atoms in total. The van der Waals surface area contributed by atoms with Crippen LogP contribution in [0.5, 0.6) is 0 Å². The summed E-state index contributed by atoms with van der Waals surface area (Å²) in [5, 5.41) is 0. The lowest BCUT2D eigenvalue weighted by Gasteiger charge is -2.48. The fourth-order valence-corrected chi connectivity index (χ4v) is 3.72. The van der Waals surface area contributed by atoms with Crippen LogP contribution in [-0.2, 0) is 0 Å². The van der Waals surface area contributed by atoms with Gasteiger partial charge >= 0.3 is 0 Å². The molecule has 1 heterocycles. The highest BCUT2D eigenvalue weighted by Gasteiger charge is 2.41. The van der Waals surface area contributed by atoms with Gasteiger partial charge in [-0.25, -0.2) is 0 Å². The first kappa shape index (κ1) is 14.1. The maximum atomic E-state index is 6.25. The van der Waals surface area contributed by atoms with Gasteiger partial charge in [0.25, 0.3) is 0 Å². The molecule has 3 atom stereocenters. The van der Waals surface area contributed by atoms with E-state index < -0.39 is 0 Å². The zero-order chi connectivity index (χ0) is 13.3. The first-order chi connectivity index (χ1) is 8.41. The SMILES string of the molecule is CC1=CCCN(CC2CCC(N)C(C)C2(C)C)C1. The van der Waals surface area contributed by atoms with Gasteiger partial charge in [0.15, 0.2) is 0 Å². The second-order valence-electron chi connectivity index (χ2n) is 7.12. The smallest absolute Gasteiger partial charge is 0.0190 e. The van der Waals surface area contributed by atoms with Gasteiger partial charge < -0.3 is 5.73 Å². The summed E-state index contributed by atoms with van der Waals surface area (Å²) in [6.45, 7) is 13.1. The predicted molar refractivity (Wildman–Crippen MR) is 78.5 cm³/mol. The van der Waals surface area contributed by atoms with Crippen molar-refractivity contribution >= 4 is 0 Å². The summed E-state index contributed by atoms with van der Waals surface area (Å²) in [6, 6.07) is 0.402. The van der Waals surface area contributed by atoms with Crippen LogP contribution in [0.25, 0.3) is 0 Å². The van der Waals surface area contributed by atoms with Crippen molar-refractivity contribution in [1.29, 1.82) is 0 Å². The largest absolute Gasteiger partial charge is 0.327 e. The average Bonchev–Trinajstić information content (AvgIpc) is 2.31. The Morgan fingerprint density at radius 2 is 2.11 bits per heavy atom. The third kappa shape index (κ3) is 2.80. The van der Waals surface area contributed by atoms with E-state index in [2.05, 4.69) is 38.7 Å². The van der Waals surface area contributed by atoms with E-state index in [1.54, 1.807) is 5.57 Å². The summed E-state index contributed by atoms with van der Waals surface area (Å²) in [6.07, 6.45) is 6.13. The van der Waals surface area contributed by atoms with E-state index in [9.17, 15) is 0 Å². The van der Waals surface area contributed by atoms with Gasteiger partial charge in [0.1, 0.15) is 0 Å². The Morgan fingerprint density at radius 1 is 1.39 bits per heavy atom. The minimum Gasteiger partial charge on any atom is -0.327 e. The summed E-state index contributed by atoms with van der Waals surface area (Å²) in [7, 11) is 0. The summed E-state index contributed by atoms with van der Waals surface area (Å²) in [5.41, 5.74) is 8.17. The van der Waals surface area contributed by atoms with Gasteiger partial charge in [-0.05, 0) is 43.4 Å². The highest BCUT2D eigenvalue weighted by atomic mass is 15.1. The van der Waals surface area contributed by atoms with Crippen molar-refractivity contribution in [2.24, 2.45) is 23.0 Å². The quantitative estimate of drug-likeness (QED) is 0.763. The Labute approximate surface area is 113 Å². The molecule has 2 N–H and O–H groups in total. The molecule has 1 saturated carbocycles.